The van der Waals surface area contributed by atoms with Gasteiger partial charge in [0.2, 0.25) is 5.91 Å². The minimum absolute atomic E-state index is 0.0125. The lowest BCUT2D eigenvalue weighted by molar-refractivity contribution is -0.113. The number of ether oxygens (including phenoxy) is 1. The van der Waals surface area contributed by atoms with Crippen molar-refractivity contribution in [2.75, 3.05) is 18.2 Å². The third-order valence-electron chi connectivity index (χ3n) is 4.55. The van der Waals surface area contributed by atoms with Crippen LogP contribution in [0.5, 0.6) is 5.75 Å². The van der Waals surface area contributed by atoms with Crippen molar-refractivity contribution in [3.63, 3.8) is 0 Å². The van der Waals surface area contributed by atoms with Crippen LogP contribution in [0.1, 0.15) is 26.3 Å². The van der Waals surface area contributed by atoms with Gasteiger partial charge in [-0.05, 0) is 13.3 Å². The summed E-state index contributed by atoms with van der Waals surface area (Å²) in [4.78, 5) is 12.3. The van der Waals surface area contributed by atoms with Crippen molar-refractivity contribution in [3.05, 3.63) is 54.1 Å². The van der Waals surface area contributed by atoms with Crippen molar-refractivity contribution >= 4 is 23.4 Å². The van der Waals surface area contributed by atoms with Crippen LogP contribution in [-0.4, -0.2) is 33.5 Å². The van der Waals surface area contributed by atoms with E-state index in [0.717, 1.165) is 29.9 Å². The van der Waals surface area contributed by atoms with E-state index in [4.69, 9.17) is 0 Å². The fourth-order valence-electron chi connectivity index (χ4n) is 2.89. The van der Waals surface area contributed by atoms with Crippen molar-refractivity contribution in [1.82, 2.24) is 14.8 Å². The second kappa shape index (κ2) is 9.71. The predicted octanol–water partition coefficient (Wildman–Crippen LogP) is 4.93. The van der Waals surface area contributed by atoms with Gasteiger partial charge in [-0.2, -0.15) is 0 Å². The van der Waals surface area contributed by atoms with Crippen LogP contribution in [0, 0.1) is 11.6 Å². The maximum atomic E-state index is 13.8. The first-order chi connectivity index (χ1) is 14.4. The first-order valence-electron chi connectivity index (χ1n) is 9.40. The summed E-state index contributed by atoms with van der Waals surface area (Å²) in [6, 6.07) is 11.9. The Morgan fingerprint density at radius 3 is 2.47 bits per heavy atom. The maximum absolute atomic E-state index is 13.8. The van der Waals surface area contributed by atoms with Crippen molar-refractivity contribution < 1.29 is 18.3 Å². The van der Waals surface area contributed by atoms with E-state index in [0.29, 0.717) is 5.16 Å². The summed E-state index contributed by atoms with van der Waals surface area (Å²) in [6.07, 6.45) is 0.863. The van der Waals surface area contributed by atoms with Crippen LogP contribution in [0.25, 0.3) is 11.4 Å². The minimum Gasteiger partial charge on any atom is -0.491 e. The van der Waals surface area contributed by atoms with E-state index in [1.165, 1.54) is 18.9 Å². The van der Waals surface area contributed by atoms with Gasteiger partial charge in [0.05, 0.1) is 12.9 Å². The summed E-state index contributed by atoms with van der Waals surface area (Å²) in [5.74, 6) is -1.93. The lowest BCUT2D eigenvalue weighted by Crippen LogP contribution is -2.15. The number of benzene rings is 2. The lowest BCUT2D eigenvalue weighted by atomic mass is 10.2. The molecule has 1 N–H and O–H groups in total. The number of hydrogen-bond donors (Lipinski definition) is 1. The first-order valence-corrected chi connectivity index (χ1v) is 10.4. The topological polar surface area (TPSA) is 69.0 Å². The molecule has 9 heteroatoms. The van der Waals surface area contributed by atoms with E-state index in [2.05, 4.69) is 34.1 Å². The number of amides is 1. The van der Waals surface area contributed by atoms with Crippen LogP contribution < -0.4 is 10.1 Å². The molecule has 0 bridgehead atoms. The number of rotatable bonds is 8. The number of carbonyl (C=O) groups is 1. The highest BCUT2D eigenvalue weighted by Gasteiger charge is 2.19. The highest BCUT2D eigenvalue weighted by molar-refractivity contribution is 7.99. The zero-order valence-corrected chi connectivity index (χ0v) is 17.7. The van der Waals surface area contributed by atoms with Crippen molar-refractivity contribution in [3.8, 4) is 17.1 Å². The summed E-state index contributed by atoms with van der Waals surface area (Å²) in [6.45, 7) is 4.12. The SMILES string of the molecule is CCC(C)n1c(SCC(=O)Nc2cc(F)c(OC)c(F)c2)nnc1-c1ccccc1. The Labute approximate surface area is 177 Å². The van der Waals surface area contributed by atoms with E-state index in [1.807, 2.05) is 34.9 Å². The highest BCUT2D eigenvalue weighted by Crippen LogP contribution is 2.29. The summed E-state index contributed by atoms with van der Waals surface area (Å²) in [7, 11) is 1.17. The van der Waals surface area contributed by atoms with Crippen molar-refractivity contribution in [2.24, 2.45) is 0 Å². The molecule has 0 radical (unpaired) electrons. The number of nitrogens with zero attached hydrogens (tertiary/aromatic N) is 3. The van der Waals surface area contributed by atoms with Crippen LogP contribution in [0.4, 0.5) is 14.5 Å². The number of halogens is 2. The van der Waals surface area contributed by atoms with Crippen LogP contribution in [0.3, 0.4) is 0 Å². The molecule has 1 aromatic heterocycles. The number of hydrogen-bond acceptors (Lipinski definition) is 5. The number of methoxy groups -OCH3 is 1. The van der Waals surface area contributed by atoms with Gasteiger partial charge in [-0.25, -0.2) is 8.78 Å². The quantitative estimate of drug-likeness (QED) is 0.511. The van der Waals surface area contributed by atoms with Gasteiger partial charge in [-0.1, -0.05) is 49.0 Å². The molecule has 1 unspecified atom stereocenters. The predicted molar refractivity (Wildman–Crippen MR) is 113 cm³/mol. The van der Waals surface area contributed by atoms with Gasteiger partial charge in [0, 0.05) is 29.4 Å². The number of aromatic nitrogens is 3. The summed E-state index contributed by atoms with van der Waals surface area (Å²) in [5, 5.41) is 11.7. The second-order valence-corrected chi connectivity index (χ2v) is 7.55. The average Bonchev–Trinajstić information content (AvgIpc) is 3.16. The van der Waals surface area contributed by atoms with Crippen molar-refractivity contribution in [2.45, 2.75) is 31.5 Å². The molecule has 0 saturated heterocycles. The Morgan fingerprint density at radius 2 is 1.87 bits per heavy atom. The molecule has 1 atom stereocenters. The number of thioether (sulfide) groups is 1. The van der Waals surface area contributed by atoms with Gasteiger partial charge in [0.15, 0.2) is 28.4 Å². The molecular formula is C21H22F2N4O2S. The molecular weight excluding hydrogens is 410 g/mol. The molecule has 2 aromatic carbocycles. The van der Waals surface area contributed by atoms with Gasteiger partial charge in [0.1, 0.15) is 0 Å². The number of anilines is 1. The van der Waals surface area contributed by atoms with Crippen LogP contribution in [0.2, 0.25) is 0 Å². The number of carbonyl (C=O) groups excluding carboxylic acids is 1. The fourth-order valence-corrected chi connectivity index (χ4v) is 3.73. The molecule has 0 saturated carbocycles. The van der Waals surface area contributed by atoms with Gasteiger partial charge in [-0.3, -0.25) is 9.36 Å². The number of nitrogens with one attached hydrogen (secondary N) is 1. The largest absolute Gasteiger partial charge is 0.491 e. The van der Waals surface area contributed by atoms with E-state index < -0.39 is 23.3 Å². The van der Waals surface area contributed by atoms with Crippen molar-refractivity contribution in [1.29, 1.82) is 0 Å². The normalized spacial score (nSPS) is 11.9. The van der Waals surface area contributed by atoms with Gasteiger partial charge < -0.3 is 10.1 Å². The summed E-state index contributed by atoms with van der Waals surface area (Å²) >= 11 is 1.21. The maximum Gasteiger partial charge on any atom is 0.234 e. The zero-order chi connectivity index (χ0) is 21.7. The molecule has 6 nitrogen and oxygen atoms in total. The van der Waals surface area contributed by atoms with E-state index in [9.17, 15) is 13.6 Å². The zero-order valence-electron chi connectivity index (χ0n) is 16.9. The Kier molecular flexibility index (Phi) is 7.04. The van der Waals surface area contributed by atoms with E-state index >= 15 is 0 Å². The molecule has 1 heterocycles. The molecule has 0 spiro atoms. The Morgan fingerprint density at radius 1 is 1.20 bits per heavy atom. The van der Waals surface area contributed by atoms with Gasteiger partial charge in [-0.15, -0.1) is 10.2 Å². The van der Waals surface area contributed by atoms with Gasteiger partial charge in [0.25, 0.3) is 0 Å². The first kappa shape index (κ1) is 21.8. The molecule has 158 valence electrons. The smallest absolute Gasteiger partial charge is 0.234 e. The molecule has 3 rings (SSSR count). The van der Waals surface area contributed by atoms with Gasteiger partial charge >= 0.3 is 0 Å². The molecule has 30 heavy (non-hydrogen) atoms. The molecule has 3 aromatic rings. The highest BCUT2D eigenvalue weighted by atomic mass is 32.2. The minimum atomic E-state index is -0.885. The molecule has 0 fully saturated rings. The molecule has 0 aliphatic rings. The molecule has 0 aliphatic heterocycles. The third-order valence-corrected chi connectivity index (χ3v) is 5.49. The van der Waals surface area contributed by atoms with Crippen LogP contribution in [-0.2, 0) is 4.79 Å². The third kappa shape index (κ3) is 4.79. The Hall–Kier alpha value is -2.94. The van der Waals surface area contributed by atoms with E-state index in [-0.39, 0.29) is 17.5 Å². The Bertz CT molecular complexity index is 1000. The average molecular weight is 432 g/mol. The molecule has 0 aliphatic carbocycles. The van der Waals surface area contributed by atoms with Crippen LogP contribution >= 0.6 is 11.8 Å². The fraction of sp³-hybridized carbons (Fsp3) is 0.286. The second-order valence-electron chi connectivity index (χ2n) is 6.61. The molecule has 1 amide bonds. The summed E-state index contributed by atoms with van der Waals surface area (Å²) < 4.78 is 34.3. The van der Waals surface area contributed by atoms with E-state index in [1.54, 1.807) is 0 Å². The van der Waals surface area contributed by atoms with Crippen LogP contribution in [0.15, 0.2) is 47.6 Å². The standard InChI is InChI=1S/C21H22F2N4O2S/c1-4-13(2)27-20(14-8-6-5-7-9-14)25-26-21(27)30-12-18(28)24-15-10-16(22)19(29-3)17(23)11-15/h5-11,13H,4,12H2,1-3H3,(H,24,28). The monoisotopic (exact) mass is 432 g/mol. The Balaban J connectivity index is 1.74. The summed E-state index contributed by atoms with van der Waals surface area (Å²) in [5.41, 5.74) is 0.954. The lowest BCUT2D eigenvalue weighted by Gasteiger charge is -2.16.